The molecule has 0 aliphatic carbocycles. The van der Waals surface area contributed by atoms with E-state index in [9.17, 15) is 0 Å². The molecular weight excluding hydrogens is 200 g/mol. The van der Waals surface area contributed by atoms with Crippen LogP contribution >= 0.6 is 0 Å². The number of rotatable bonds is 3. The fourth-order valence-corrected chi connectivity index (χ4v) is 1.65. The number of nitrogens with two attached hydrogens (primary N) is 1. The van der Waals surface area contributed by atoms with E-state index in [0.29, 0.717) is 6.54 Å². The van der Waals surface area contributed by atoms with E-state index in [2.05, 4.69) is 41.2 Å². The first-order chi connectivity index (χ1) is 7.64. The summed E-state index contributed by atoms with van der Waals surface area (Å²) in [5.74, 6) is 1.50. The van der Waals surface area contributed by atoms with E-state index < -0.39 is 0 Å². The molecule has 0 spiro atoms. The monoisotopic (exact) mass is 216 g/mol. The van der Waals surface area contributed by atoms with Gasteiger partial charge in [0.2, 0.25) is 0 Å². The van der Waals surface area contributed by atoms with Crippen molar-refractivity contribution in [1.29, 1.82) is 0 Å². The molecule has 0 aliphatic rings. The standard InChI is InChI=1S/C12H16N4/c1-12(2,9-6-4-3-5-7-9)11-14-10(8-13)15-16-11/h3-7H,8,13H2,1-2H3,(H,14,15,16). The predicted octanol–water partition coefficient (Wildman–Crippen LogP) is 1.59. The van der Waals surface area contributed by atoms with Gasteiger partial charge in [-0.25, -0.2) is 4.98 Å². The third kappa shape index (κ3) is 1.84. The highest BCUT2D eigenvalue weighted by atomic mass is 15.2. The Balaban J connectivity index is 2.38. The van der Waals surface area contributed by atoms with E-state index >= 15 is 0 Å². The molecule has 0 radical (unpaired) electrons. The van der Waals surface area contributed by atoms with Crippen LogP contribution in [0.1, 0.15) is 31.1 Å². The minimum Gasteiger partial charge on any atom is -0.324 e. The van der Waals surface area contributed by atoms with Crippen LogP contribution in [-0.2, 0) is 12.0 Å². The number of aromatic amines is 1. The first-order valence-electron chi connectivity index (χ1n) is 5.32. The number of benzene rings is 1. The normalized spacial score (nSPS) is 11.7. The lowest BCUT2D eigenvalue weighted by Crippen LogP contribution is -2.20. The number of H-pyrrole nitrogens is 1. The van der Waals surface area contributed by atoms with Gasteiger partial charge in [0.25, 0.3) is 0 Å². The molecule has 2 rings (SSSR count). The summed E-state index contributed by atoms with van der Waals surface area (Å²) in [6.07, 6.45) is 0. The van der Waals surface area contributed by atoms with Crippen molar-refractivity contribution in [2.75, 3.05) is 0 Å². The van der Waals surface area contributed by atoms with Crippen molar-refractivity contribution in [3.05, 3.63) is 47.5 Å². The maximum Gasteiger partial charge on any atom is 0.160 e. The van der Waals surface area contributed by atoms with Crippen molar-refractivity contribution >= 4 is 0 Å². The van der Waals surface area contributed by atoms with Gasteiger partial charge >= 0.3 is 0 Å². The average molecular weight is 216 g/mol. The largest absolute Gasteiger partial charge is 0.324 e. The van der Waals surface area contributed by atoms with Crippen LogP contribution in [0.4, 0.5) is 0 Å². The molecule has 1 heterocycles. The summed E-state index contributed by atoms with van der Waals surface area (Å²) in [7, 11) is 0. The fourth-order valence-electron chi connectivity index (χ4n) is 1.65. The molecule has 2 aromatic rings. The van der Waals surface area contributed by atoms with Crippen LogP contribution < -0.4 is 5.73 Å². The van der Waals surface area contributed by atoms with Gasteiger partial charge in [-0.2, -0.15) is 5.10 Å². The number of hydrogen-bond donors (Lipinski definition) is 2. The summed E-state index contributed by atoms with van der Waals surface area (Å²) < 4.78 is 0. The van der Waals surface area contributed by atoms with Gasteiger partial charge in [0.15, 0.2) is 5.82 Å². The van der Waals surface area contributed by atoms with E-state index in [1.54, 1.807) is 0 Å². The molecule has 0 saturated carbocycles. The smallest absolute Gasteiger partial charge is 0.160 e. The molecular formula is C12H16N4. The Morgan fingerprint density at radius 3 is 2.50 bits per heavy atom. The third-order valence-corrected chi connectivity index (χ3v) is 2.78. The molecule has 0 bridgehead atoms. The lowest BCUT2D eigenvalue weighted by molar-refractivity contribution is 0.593. The summed E-state index contributed by atoms with van der Waals surface area (Å²) in [5.41, 5.74) is 6.50. The first-order valence-corrected chi connectivity index (χ1v) is 5.32. The van der Waals surface area contributed by atoms with Crippen molar-refractivity contribution < 1.29 is 0 Å². The second kappa shape index (κ2) is 4.06. The zero-order chi connectivity index (χ0) is 11.6. The summed E-state index contributed by atoms with van der Waals surface area (Å²) in [6.45, 7) is 4.59. The number of nitrogens with zero attached hydrogens (tertiary/aromatic N) is 2. The zero-order valence-corrected chi connectivity index (χ0v) is 9.57. The Kier molecular flexibility index (Phi) is 2.75. The zero-order valence-electron chi connectivity index (χ0n) is 9.57. The molecule has 0 fully saturated rings. The van der Waals surface area contributed by atoms with Crippen LogP contribution in [0.25, 0.3) is 0 Å². The van der Waals surface area contributed by atoms with E-state index in [-0.39, 0.29) is 5.41 Å². The van der Waals surface area contributed by atoms with Crippen LogP contribution in [0.5, 0.6) is 0 Å². The minimum atomic E-state index is -0.203. The number of nitrogens with one attached hydrogen (secondary N) is 1. The highest BCUT2D eigenvalue weighted by molar-refractivity contribution is 5.30. The van der Waals surface area contributed by atoms with Gasteiger partial charge in [-0.3, -0.25) is 5.10 Å². The van der Waals surface area contributed by atoms with Crippen molar-refractivity contribution in [2.24, 2.45) is 5.73 Å². The van der Waals surface area contributed by atoms with E-state index in [0.717, 1.165) is 11.6 Å². The number of hydrogen-bond acceptors (Lipinski definition) is 3. The Labute approximate surface area is 94.9 Å². The van der Waals surface area contributed by atoms with Gasteiger partial charge in [0, 0.05) is 0 Å². The molecule has 3 N–H and O–H groups in total. The average Bonchev–Trinajstić information content (AvgIpc) is 2.79. The fraction of sp³-hybridized carbons (Fsp3) is 0.333. The number of aromatic nitrogens is 3. The van der Waals surface area contributed by atoms with Crippen molar-refractivity contribution in [1.82, 2.24) is 15.2 Å². The summed E-state index contributed by atoms with van der Waals surface area (Å²) >= 11 is 0. The summed E-state index contributed by atoms with van der Waals surface area (Å²) in [5, 5.41) is 7.06. The quantitative estimate of drug-likeness (QED) is 0.818. The highest BCUT2D eigenvalue weighted by Crippen LogP contribution is 2.28. The molecule has 0 unspecified atom stereocenters. The van der Waals surface area contributed by atoms with Gasteiger partial charge in [-0.15, -0.1) is 0 Å². The maximum atomic E-state index is 5.51. The van der Waals surface area contributed by atoms with Crippen LogP contribution in [-0.4, -0.2) is 15.2 Å². The molecule has 4 nitrogen and oxygen atoms in total. The van der Waals surface area contributed by atoms with Crippen LogP contribution in [0, 0.1) is 0 Å². The summed E-state index contributed by atoms with van der Waals surface area (Å²) in [4.78, 5) is 4.39. The third-order valence-electron chi connectivity index (χ3n) is 2.78. The van der Waals surface area contributed by atoms with E-state index in [1.165, 1.54) is 5.56 Å². The van der Waals surface area contributed by atoms with Gasteiger partial charge in [-0.1, -0.05) is 30.3 Å². The van der Waals surface area contributed by atoms with Crippen molar-refractivity contribution in [3.63, 3.8) is 0 Å². The van der Waals surface area contributed by atoms with Gasteiger partial charge in [-0.05, 0) is 19.4 Å². The summed E-state index contributed by atoms with van der Waals surface area (Å²) in [6, 6.07) is 10.2. The Morgan fingerprint density at radius 1 is 1.25 bits per heavy atom. The van der Waals surface area contributed by atoms with Gasteiger partial charge < -0.3 is 5.73 Å². The lowest BCUT2D eigenvalue weighted by atomic mass is 9.84. The van der Waals surface area contributed by atoms with E-state index in [1.807, 2.05) is 18.2 Å². The molecule has 0 aliphatic heterocycles. The van der Waals surface area contributed by atoms with Crippen LogP contribution in [0.3, 0.4) is 0 Å². The molecule has 0 saturated heterocycles. The molecule has 0 amide bonds. The molecule has 16 heavy (non-hydrogen) atoms. The van der Waals surface area contributed by atoms with E-state index in [4.69, 9.17) is 5.73 Å². The second-order valence-electron chi connectivity index (χ2n) is 4.30. The lowest BCUT2D eigenvalue weighted by Gasteiger charge is -2.21. The van der Waals surface area contributed by atoms with Gasteiger partial charge in [0.05, 0.1) is 12.0 Å². The first kappa shape index (κ1) is 10.8. The maximum absolute atomic E-state index is 5.51. The van der Waals surface area contributed by atoms with Gasteiger partial charge in [0.1, 0.15) is 5.82 Å². The minimum absolute atomic E-state index is 0.203. The van der Waals surface area contributed by atoms with Crippen LogP contribution in [0.2, 0.25) is 0 Å². The predicted molar refractivity (Wildman–Crippen MR) is 62.8 cm³/mol. The van der Waals surface area contributed by atoms with Crippen molar-refractivity contribution in [2.45, 2.75) is 25.8 Å². The second-order valence-corrected chi connectivity index (χ2v) is 4.30. The molecule has 1 aromatic carbocycles. The SMILES string of the molecule is CC(C)(c1ccccc1)c1n[nH]c(CN)n1. The Bertz CT molecular complexity index is 459. The molecule has 1 aromatic heterocycles. The van der Waals surface area contributed by atoms with Crippen molar-refractivity contribution in [3.8, 4) is 0 Å². The molecule has 4 heteroatoms. The topological polar surface area (TPSA) is 67.6 Å². The molecule has 0 atom stereocenters. The molecule has 84 valence electrons. The Hall–Kier alpha value is -1.68. The highest BCUT2D eigenvalue weighted by Gasteiger charge is 2.27. The van der Waals surface area contributed by atoms with Crippen LogP contribution in [0.15, 0.2) is 30.3 Å². The Morgan fingerprint density at radius 2 is 1.94 bits per heavy atom.